The molecule has 2 aliphatic heterocycles. The highest BCUT2D eigenvalue weighted by Gasteiger charge is 2.29. The molecule has 2 saturated heterocycles. The van der Waals surface area contributed by atoms with E-state index in [0.29, 0.717) is 37.7 Å². The van der Waals surface area contributed by atoms with Crippen LogP contribution in [0.2, 0.25) is 0 Å². The summed E-state index contributed by atoms with van der Waals surface area (Å²) >= 11 is 0. The summed E-state index contributed by atoms with van der Waals surface area (Å²) in [5.41, 5.74) is 2.78. The lowest BCUT2D eigenvalue weighted by atomic mass is 9.89. The molecule has 2 aliphatic rings. The van der Waals surface area contributed by atoms with Gasteiger partial charge in [0.2, 0.25) is 10.0 Å². The normalized spacial score (nSPS) is 18.3. The van der Waals surface area contributed by atoms with Crippen LogP contribution in [-0.4, -0.2) is 61.8 Å². The number of hydrogen-bond acceptors (Lipinski definition) is 4. The highest BCUT2D eigenvalue weighted by molar-refractivity contribution is 7.89. The zero-order chi connectivity index (χ0) is 23.7. The van der Waals surface area contributed by atoms with Gasteiger partial charge in [-0.05, 0) is 73.6 Å². The second-order valence-corrected chi connectivity index (χ2v) is 11.2. The van der Waals surface area contributed by atoms with Crippen LogP contribution in [0.3, 0.4) is 0 Å². The maximum absolute atomic E-state index is 13.2. The van der Waals surface area contributed by atoms with Crippen LogP contribution in [0.5, 0.6) is 5.75 Å². The number of benzene rings is 2. The van der Waals surface area contributed by atoms with Crippen LogP contribution in [0.1, 0.15) is 53.9 Å². The molecule has 2 aromatic carbocycles. The molecular weight excluding hydrogens is 450 g/mol. The summed E-state index contributed by atoms with van der Waals surface area (Å²) in [5, 5.41) is 1.17. The largest absolute Gasteiger partial charge is 0.497 e. The van der Waals surface area contributed by atoms with Crippen LogP contribution in [0.15, 0.2) is 53.6 Å². The number of carbonyl (C=O) groups is 1. The first-order chi connectivity index (χ1) is 16.5. The fourth-order valence-corrected chi connectivity index (χ4v) is 6.77. The molecule has 0 saturated carbocycles. The molecule has 3 heterocycles. The van der Waals surface area contributed by atoms with E-state index in [1.807, 2.05) is 17.0 Å². The van der Waals surface area contributed by atoms with Crippen LogP contribution in [0, 0.1) is 0 Å². The molecule has 8 heteroatoms. The van der Waals surface area contributed by atoms with Gasteiger partial charge in [0.15, 0.2) is 0 Å². The van der Waals surface area contributed by atoms with Gasteiger partial charge < -0.3 is 14.6 Å². The average molecular weight is 482 g/mol. The number of ether oxygens (including phenoxy) is 1. The lowest BCUT2D eigenvalue weighted by Crippen LogP contribution is -2.38. The zero-order valence-electron chi connectivity index (χ0n) is 19.5. The van der Waals surface area contributed by atoms with Crippen LogP contribution < -0.4 is 4.74 Å². The van der Waals surface area contributed by atoms with E-state index in [1.54, 1.807) is 35.7 Å². The summed E-state index contributed by atoms with van der Waals surface area (Å²) in [6.07, 6.45) is 6.63. The molecule has 0 spiro atoms. The Morgan fingerprint density at radius 3 is 2.50 bits per heavy atom. The average Bonchev–Trinajstić information content (AvgIpc) is 3.32. The molecule has 0 radical (unpaired) electrons. The van der Waals surface area contributed by atoms with Gasteiger partial charge >= 0.3 is 0 Å². The van der Waals surface area contributed by atoms with Crippen molar-refractivity contribution in [2.75, 3.05) is 33.3 Å². The summed E-state index contributed by atoms with van der Waals surface area (Å²) in [4.78, 5) is 18.6. The van der Waals surface area contributed by atoms with Gasteiger partial charge in [-0.15, -0.1) is 0 Å². The van der Waals surface area contributed by atoms with Crippen molar-refractivity contribution >= 4 is 26.8 Å². The minimum absolute atomic E-state index is 0.102. The molecular formula is C26H31N3O4S. The minimum atomic E-state index is -3.56. The number of fused-ring (bicyclic) bond motifs is 1. The number of nitrogens with one attached hydrogen (secondary N) is 1. The molecule has 1 amide bonds. The number of likely N-dealkylation sites (tertiary alicyclic amines) is 1. The number of H-pyrrole nitrogens is 1. The fraction of sp³-hybridized carbons (Fsp3) is 0.423. The molecule has 1 N–H and O–H groups in total. The summed E-state index contributed by atoms with van der Waals surface area (Å²) in [6, 6.07) is 12.6. The molecule has 0 unspecified atom stereocenters. The van der Waals surface area contributed by atoms with Crippen molar-refractivity contribution < 1.29 is 17.9 Å². The number of aromatic amines is 1. The molecule has 5 rings (SSSR count). The van der Waals surface area contributed by atoms with E-state index in [9.17, 15) is 13.2 Å². The Balaban J connectivity index is 1.29. The molecule has 0 atom stereocenters. The van der Waals surface area contributed by atoms with Gasteiger partial charge in [-0.3, -0.25) is 4.79 Å². The van der Waals surface area contributed by atoms with E-state index >= 15 is 0 Å². The maximum atomic E-state index is 13.2. The minimum Gasteiger partial charge on any atom is -0.497 e. The molecule has 2 fully saturated rings. The van der Waals surface area contributed by atoms with Gasteiger partial charge in [0.1, 0.15) is 5.75 Å². The van der Waals surface area contributed by atoms with Gasteiger partial charge in [0.05, 0.1) is 12.0 Å². The number of amides is 1. The highest BCUT2D eigenvalue weighted by Crippen LogP contribution is 2.35. The smallest absolute Gasteiger partial charge is 0.253 e. The van der Waals surface area contributed by atoms with E-state index in [1.165, 1.54) is 10.9 Å². The number of hydrogen-bond donors (Lipinski definition) is 1. The van der Waals surface area contributed by atoms with Crippen molar-refractivity contribution in [2.45, 2.75) is 42.9 Å². The molecule has 180 valence electrons. The zero-order valence-corrected chi connectivity index (χ0v) is 20.3. The lowest BCUT2D eigenvalue weighted by Gasteiger charge is -2.32. The second-order valence-electron chi connectivity index (χ2n) is 9.21. The molecule has 34 heavy (non-hydrogen) atoms. The van der Waals surface area contributed by atoms with Gasteiger partial charge in [-0.2, -0.15) is 4.31 Å². The Hall–Kier alpha value is -2.84. The number of piperidine rings is 2. The van der Waals surface area contributed by atoms with Crippen molar-refractivity contribution in [3.05, 3.63) is 59.8 Å². The molecule has 7 nitrogen and oxygen atoms in total. The SMILES string of the molecule is COc1ccc2[nH]cc(C3CCN(C(=O)c4cccc(S(=O)(=O)N5CCCCC5)c4)CC3)c2c1. The van der Waals surface area contributed by atoms with Gasteiger partial charge in [0.25, 0.3) is 5.91 Å². The fourth-order valence-electron chi connectivity index (χ4n) is 5.21. The van der Waals surface area contributed by atoms with E-state index < -0.39 is 10.0 Å². The topological polar surface area (TPSA) is 82.7 Å². The number of rotatable bonds is 5. The van der Waals surface area contributed by atoms with Crippen LogP contribution in [0.4, 0.5) is 0 Å². The molecule has 1 aromatic heterocycles. The quantitative estimate of drug-likeness (QED) is 0.587. The standard InChI is InChI=1S/C26H31N3O4S/c1-33-21-8-9-25-23(17-21)24(18-27-25)19-10-14-28(15-11-19)26(30)20-6-5-7-22(16-20)34(31,32)29-12-3-2-4-13-29/h5-9,16-19,27H,2-4,10-15H2,1H3. The van der Waals surface area contributed by atoms with Crippen LogP contribution in [0.25, 0.3) is 10.9 Å². The number of carbonyl (C=O) groups excluding carboxylic acids is 1. The van der Waals surface area contributed by atoms with E-state index in [-0.39, 0.29) is 10.8 Å². The first-order valence-corrected chi connectivity index (χ1v) is 13.5. The Morgan fingerprint density at radius 1 is 1.00 bits per heavy atom. The number of methoxy groups -OCH3 is 1. The lowest BCUT2D eigenvalue weighted by molar-refractivity contribution is 0.0713. The van der Waals surface area contributed by atoms with Gasteiger partial charge in [-0.25, -0.2) is 8.42 Å². The van der Waals surface area contributed by atoms with Crippen LogP contribution in [-0.2, 0) is 10.0 Å². The first-order valence-electron chi connectivity index (χ1n) is 12.0. The number of aromatic nitrogens is 1. The van der Waals surface area contributed by atoms with Crippen LogP contribution >= 0.6 is 0 Å². The third-order valence-corrected chi connectivity index (χ3v) is 9.07. The van der Waals surface area contributed by atoms with Crippen molar-refractivity contribution in [3.8, 4) is 5.75 Å². The van der Waals surface area contributed by atoms with Crippen molar-refractivity contribution in [3.63, 3.8) is 0 Å². The predicted octanol–water partition coefficient (Wildman–Crippen LogP) is 4.37. The monoisotopic (exact) mass is 481 g/mol. The van der Waals surface area contributed by atoms with Gasteiger partial charge in [-0.1, -0.05) is 12.5 Å². The number of nitrogens with zero attached hydrogens (tertiary/aromatic N) is 2. The van der Waals surface area contributed by atoms with E-state index in [0.717, 1.165) is 43.4 Å². The van der Waals surface area contributed by atoms with E-state index in [4.69, 9.17) is 4.74 Å². The Labute approximate surface area is 200 Å². The van der Waals surface area contributed by atoms with Gasteiger partial charge in [0, 0.05) is 48.8 Å². The second kappa shape index (κ2) is 9.43. The van der Waals surface area contributed by atoms with Crippen molar-refractivity contribution in [1.29, 1.82) is 0 Å². The molecule has 0 aliphatic carbocycles. The Morgan fingerprint density at radius 2 is 1.76 bits per heavy atom. The summed E-state index contributed by atoms with van der Waals surface area (Å²) in [6.45, 7) is 2.38. The van der Waals surface area contributed by atoms with Crippen molar-refractivity contribution in [1.82, 2.24) is 14.2 Å². The third kappa shape index (κ3) is 4.32. The number of sulfonamides is 1. The van der Waals surface area contributed by atoms with E-state index in [2.05, 4.69) is 17.2 Å². The highest BCUT2D eigenvalue weighted by atomic mass is 32.2. The summed E-state index contributed by atoms with van der Waals surface area (Å²) in [7, 11) is -1.89. The predicted molar refractivity (Wildman–Crippen MR) is 132 cm³/mol. The summed E-state index contributed by atoms with van der Waals surface area (Å²) < 4.78 is 33.0. The molecule has 3 aromatic rings. The third-order valence-electron chi connectivity index (χ3n) is 7.18. The summed E-state index contributed by atoms with van der Waals surface area (Å²) in [5.74, 6) is 1.09. The maximum Gasteiger partial charge on any atom is 0.253 e. The molecule has 0 bridgehead atoms. The Kier molecular flexibility index (Phi) is 6.36. The first kappa shape index (κ1) is 22.9. The Bertz CT molecular complexity index is 1290. The van der Waals surface area contributed by atoms with Crippen molar-refractivity contribution in [2.24, 2.45) is 0 Å².